The predicted molar refractivity (Wildman–Crippen MR) is 80.5 cm³/mol. The van der Waals surface area contributed by atoms with Gasteiger partial charge in [-0.2, -0.15) is 0 Å². The Kier molecular flexibility index (Phi) is 4.03. The molecule has 0 aliphatic carbocycles. The summed E-state index contributed by atoms with van der Waals surface area (Å²) < 4.78 is 7.96. The van der Waals surface area contributed by atoms with Crippen LogP contribution in [0.4, 0.5) is 5.82 Å². The van der Waals surface area contributed by atoms with Crippen molar-refractivity contribution in [3.63, 3.8) is 0 Å². The van der Waals surface area contributed by atoms with Crippen LogP contribution in [0.2, 0.25) is 0 Å². The molecule has 3 heterocycles. The van der Waals surface area contributed by atoms with Crippen LogP contribution in [0, 0.1) is 0 Å². The molecule has 0 saturated carbocycles. The molecule has 0 unspecified atom stereocenters. The number of ether oxygens (including phenoxy) is 1. The van der Waals surface area contributed by atoms with E-state index in [1.165, 1.54) is 0 Å². The summed E-state index contributed by atoms with van der Waals surface area (Å²) in [6, 6.07) is 0.523. The third-order valence-electron chi connectivity index (χ3n) is 3.70. The second-order valence-corrected chi connectivity index (χ2v) is 5.58. The maximum atomic E-state index is 5.77. The van der Waals surface area contributed by atoms with Crippen LogP contribution in [-0.4, -0.2) is 38.7 Å². The molecule has 0 radical (unpaired) electrons. The summed E-state index contributed by atoms with van der Waals surface area (Å²) in [4.78, 5) is 15.2. The first-order chi connectivity index (χ1) is 10.2. The smallest absolute Gasteiger partial charge is 0.257 e. The van der Waals surface area contributed by atoms with Gasteiger partial charge in [0.1, 0.15) is 0 Å². The number of rotatable bonds is 4. The van der Waals surface area contributed by atoms with Gasteiger partial charge in [0, 0.05) is 43.9 Å². The minimum atomic E-state index is 0.101. The van der Waals surface area contributed by atoms with Gasteiger partial charge in [-0.3, -0.25) is 0 Å². The van der Waals surface area contributed by atoms with Gasteiger partial charge in [-0.1, -0.05) is 0 Å². The fraction of sp³-hybridized carbons (Fsp3) is 0.533. The summed E-state index contributed by atoms with van der Waals surface area (Å²) in [5, 5.41) is 0. The number of imidazole rings is 1. The summed E-state index contributed by atoms with van der Waals surface area (Å²) in [6.45, 7) is 5.92. The van der Waals surface area contributed by atoms with Crippen molar-refractivity contribution in [1.82, 2.24) is 19.5 Å². The molecule has 6 nitrogen and oxygen atoms in total. The van der Waals surface area contributed by atoms with Crippen molar-refractivity contribution in [3.05, 3.63) is 31.1 Å². The highest BCUT2D eigenvalue weighted by atomic mass is 16.5. The molecule has 112 valence electrons. The van der Waals surface area contributed by atoms with Crippen LogP contribution in [0.5, 0.6) is 5.88 Å². The zero-order chi connectivity index (χ0) is 14.7. The van der Waals surface area contributed by atoms with Crippen molar-refractivity contribution in [3.8, 4) is 5.88 Å². The average molecular weight is 287 g/mol. The van der Waals surface area contributed by atoms with E-state index in [-0.39, 0.29) is 6.10 Å². The monoisotopic (exact) mass is 287 g/mol. The molecule has 2 aromatic heterocycles. The first kappa shape index (κ1) is 13.9. The van der Waals surface area contributed by atoms with Gasteiger partial charge >= 0.3 is 0 Å². The summed E-state index contributed by atoms with van der Waals surface area (Å²) in [7, 11) is 0. The maximum absolute atomic E-state index is 5.77. The standard InChI is InChI=1S/C15H21N5O/c1-12(2)21-15-14(17-5-6-18-15)19-8-3-13(4-9-19)20-10-7-16-11-20/h5-7,10-13H,3-4,8-9H2,1-2H3. The molecule has 2 aromatic rings. The van der Waals surface area contributed by atoms with Crippen molar-refractivity contribution in [2.75, 3.05) is 18.0 Å². The maximum Gasteiger partial charge on any atom is 0.257 e. The van der Waals surface area contributed by atoms with Gasteiger partial charge in [0.25, 0.3) is 5.88 Å². The van der Waals surface area contributed by atoms with E-state index in [0.717, 1.165) is 31.7 Å². The molecule has 0 spiro atoms. The highest BCUT2D eigenvalue weighted by Crippen LogP contribution is 2.29. The second kappa shape index (κ2) is 6.11. The number of hydrogen-bond donors (Lipinski definition) is 0. The van der Waals surface area contributed by atoms with Crippen molar-refractivity contribution in [2.45, 2.75) is 38.8 Å². The highest BCUT2D eigenvalue weighted by Gasteiger charge is 2.24. The minimum absolute atomic E-state index is 0.101. The molecule has 1 aliphatic heterocycles. The largest absolute Gasteiger partial charge is 0.472 e. The van der Waals surface area contributed by atoms with Crippen molar-refractivity contribution < 1.29 is 4.74 Å². The Morgan fingerprint density at radius 2 is 1.90 bits per heavy atom. The molecule has 3 rings (SSSR count). The third-order valence-corrected chi connectivity index (χ3v) is 3.70. The van der Waals surface area contributed by atoms with E-state index in [4.69, 9.17) is 4.74 Å². The number of hydrogen-bond acceptors (Lipinski definition) is 5. The molecule has 0 amide bonds. The molecular weight excluding hydrogens is 266 g/mol. The van der Waals surface area contributed by atoms with Crippen molar-refractivity contribution >= 4 is 5.82 Å². The second-order valence-electron chi connectivity index (χ2n) is 5.58. The topological polar surface area (TPSA) is 56.1 Å². The molecule has 0 aromatic carbocycles. The minimum Gasteiger partial charge on any atom is -0.472 e. The highest BCUT2D eigenvalue weighted by molar-refractivity contribution is 5.48. The molecule has 0 N–H and O–H groups in total. The van der Waals surface area contributed by atoms with Crippen LogP contribution in [0.15, 0.2) is 31.1 Å². The van der Waals surface area contributed by atoms with Crippen LogP contribution >= 0.6 is 0 Å². The quantitative estimate of drug-likeness (QED) is 0.863. The predicted octanol–water partition coefficient (Wildman–Crippen LogP) is 2.30. The molecule has 0 bridgehead atoms. The Bertz CT molecular complexity index is 561. The molecule has 6 heteroatoms. The molecular formula is C15H21N5O. The van der Waals surface area contributed by atoms with E-state index in [0.29, 0.717) is 11.9 Å². The van der Waals surface area contributed by atoms with Gasteiger partial charge in [0.15, 0.2) is 5.82 Å². The average Bonchev–Trinajstić information content (AvgIpc) is 3.02. The lowest BCUT2D eigenvalue weighted by molar-refractivity contribution is 0.231. The fourth-order valence-corrected chi connectivity index (χ4v) is 2.70. The van der Waals surface area contributed by atoms with Gasteiger partial charge in [-0.15, -0.1) is 0 Å². The Hall–Kier alpha value is -2.11. The summed E-state index contributed by atoms with van der Waals surface area (Å²) in [6.07, 6.45) is 11.4. The number of aromatic nitrogens is 4. The van der Waals surface area contributed by atoms with E-state index >= 15 is 0 Å². The fourth-order valence-electron chi connectivity index (χ4n) is 2.70. The number of anilines is 1. The van der Waals surface area contributed by atoms with Crippen LogP contribution in [-0.2, 0) is 0 Å². The SMILES string of the molecule is CC(C)Oc1nccnc1N1CCC(n2ccnc2)CC1. The van der Waals surface area contributed by atoms with Crippen molar-refractivity contribution in [1.29, 1.82) is 0 Å². The molecule has 21 heavy (non-hydrogen) atoms. The van der Waals surface area contributed by atoms with Crippen molar-refractivity contribution in [2.24, 2.45) is 0 Å². The summed E-state index contributed by atoms with van der Waals surface area (Å²) in [5.74, 6) is 1.49. The van der Waals surface area contributed by atoms with Gasteiger partial charge in [-0.05, 0) is 26.7 Å². The zero-order valence-electron chi connectivity index (χ0n) is 12.5. The normalized spacial score (nSPS) is 16.4. The van der Waals surface area contributed by atoms with Crippen LogP contribution in [0.1, 0.15) is 32.7 Å². The Labute approximate surface area is 124 Å². The van der Waals surface area contributed by atoms with Crippen LogP contribution < -0.4 is 9.64 Å². The number of piperidine rings is 1. The first-order valence-corrected chi connectivity index (χ1v) is 7.44. The van der Waals surface area contributed by atoms with E-state index in [9.17, 15) is 0 Å². The van der Waals surface area contributed by atoms with Gasteiger partial charge in [0.2, 0.25) is 0 Å². The lowest BCUT2D eigenvalue weighted by atomic mass is 10.1. The van der Waals surface area contributed by atoms with Crippen LogP contribution in [0.25, 0.3) is 0 Å². The van der Waals surface area contributed by atoms with Gasteiger partial charge in [-0.25, -0.2) is 15.0 Å². The third kappa shape index (κ3) is 3.15. The summed E-state index contributed by atoms with van der Waals surface area (Å²) >= 11 is 0. The first-order valence-electron chi connectivity index (χ1n) is 7.44. The van der Waals surface area contributed by atoms with Gasteiger partial charge in [0.05, 0.1) is 12.4 Å². The Morgan fingerprint density at radius 3 is 2.57 bits per heavy atom. The van der Waals surface area contributed by atoms with Gasteiger partial charge < -0.3 is 14.2 Å². The summed E-state index contributed by atoms with van der Waals surface area (Å²) in [5.41, 5.74) is 0. The Morgan fingerprint density at radius 1 is 1.14 bits per heavy atom. The van der Waals surface area contributed by atoms with E-state index in [2.05, 4.69) is 24.4 Å². The molecule has 1 saturated heterocycles. The Balaban J connectivity index is 1.69. The molecule has 0 atom stereocenters. The van der Waals surface area contributed by atoms with E-state index in [1.807, 2.05) is 32.6 Å². The molecule has 1 aliphatic rings. The lowest BCUT2D eigenvalue weighted by Gasteiger charge is -2.33. The zero-order valence-corrected chi connectivity index (χ0v) is 12.5. The molecule has 1 fully saturated rings. The number of nitrogens with zero attached hydrogens (tertiary/aromatic N) is 5. The van der Waals surface area contributed by atoms with Crippen LogP contribution in [0.3, 0.4) is 0 Å². The van der Waals surface area contributed by atoms with E-state index in [1.54, 1.807) is 12.4 Å². The van der Waals surface area contributed by atoms with E-state index < -0.39 is 0 Å². The lowest BCUT2D eigenvalue weighted by Crippen LogP contribution is -2.35.